The number of rotatable bonds is 5. The third kappa shape index (κ3) is 4.30. The van der Waals surface area contributed by atoms with Gasteiger partial charge in [-0.15, -0.1) is 0 Å². The summed E-state index contributed by atoms with van der Waals surface area (Å²) in [6, 6.07) is 16.8. The summed E-state index contributed by atoms with van der Waals surface area (Å²) in [5.41, 5.74) is 8.10. The SMILES string of the molecule is Cc1cc(F)cc(-c2nccc3[nH]c(-c4n[nH]c5ccc(-c6cncc(NC(=O)C(C)C)c6)cc45)cc23)c1. The standard InChI is InChI=1S/C30H25FN6O/c1-16(2)30(38)34-22-11-20(14-32-15-22)18-4-5-26-23(12-18)29(37-36-26)27-13-24-25(35-27)6-7-33-28(24)19-8-17(3)9-21(31)10-19/h4-16,35H,1-3H3,(H,34,38)(H,36,37). The summed E-state index contributed by atoms with van der Waals surface area (Å²) < 4.78 is 14.1. The maximum atomic E-state index is 14.1. The Morgan fingerprint density at radius 1 is 0.895 bits per heavy atom. The first-order valence-electron chi connectivity index (χ1n) is 12.4. The number of amides is 1. The van der Waals surface area contributed by atoms with E-state index in [0.717, 1.165) is 55.4 Å². The largest absolute Gasteiger partial charge is 0.353 e. The molecule has 3 N–H and O–H groups in total. The van der Waals surface area contributed by atoms with E-state index in [1.54, 1.807) is 18.6 Å². The van der Waals surface area contributed by atoms with Crippen LogP contribution in [0.5, 0.6) is 0 Å². The fourth-order valence-corrected chi connectivity index (χ4v) is 4.64. The maximum Gasteiger partial charge on any atom is 0.226 e. The van der Waals surface area contributed by atoms with E-state index in [4.69, 9.17) is 0 Å². The number of hydrogen-bond donors (Lipinski definition) is 3. The van der Waals surface area contributed by atoms with Crippen molar-refractivity contribution in [3.63, 3.8) is 0 Å². The van der Waals surface area contributed by atoms with Gasteiger partial charge in [-0.2, -0.15) is 5.10 Å². The molecule has 2 aromatic carbocycles. The zero-order valence-corrected chi connectivity index (χ0v) is 21.1. The number of aromatic amines is 2. The normalized spacial score (nSPS) is 11.5. The summed E-state index contributed by atoms with van der Waals surface area (Å²) >= 11 is 0. The van der Waals surface area contributed by atoms with Crippen molar-refractivity contribution in [3.8, 4) is 33.8 Å². The monoisotopic (exact) mass is 504 g/mol. The molecule has 1 amide bonds. The van der Waals surface area contributed by atoms with Gasteiger partial charge in [0.2, 0.25) is 5.91 Å². The lowest BCUT2D eigenvalue weighted by atomic mass is 10.0. The average molecular weight is 505 g/mol. The number of carbonyl (C=O) groups is 1. The number of anilines is 1. The van der Waals surface area contributed by atoms with Crippen LogP contribution in [0.2, 0.25) is 0 Å². The Hall–Kier alpha value is -4.85. The molecule has 8 heteroatoms. The van der Waals surface area contributed by atoms with E-state index < -0.39 is 0 Å². The molecule has 6 rings (SSSR count). The topological polar surface area (TPSA) is 99.3 Å². The molecule has 0 radical (unpaired) electrons. The summed E-state index contributed by atoms with van der Waals surface area (Å²) in [4.78, 5) is 24.5. The Balaban J connectivity index is 1.42. The van der Waals surface area contributed by atoms with E-state index >= 15 is 0 Å². The van der Waals surface area contributed by atoms with Crippen molar-refractivity contribution in [1.82, 2.24) is 25.1 Å². The number of nitrogens with zero attached hydrogens (tertiary/aromatic N) is 3. The molecule has 4 heterocycles. The molecule has 188 valence electrons. The van der Waals surface area contributed by atoms with Gasteiger partial charge in [-0.1, -0.05) is 19.9 Å². The predicted molar refractivity (Wildman–Crippen MR) is 148 cm³/mol. The van der Waals surface area contributed by atoms with Crippen LogP contribution in [0, 0.1) is 18.7 Å². The molecule has 0 aliphatic carbocycles. The highest BCUT2D eigenvalue weighted by molar-refractivity contribution is 6.01. The molecule has 0 atom stereocenters. The van der Waals surface area contributed by atoms with Crippen LogP contribution < -0.4 is 5.32 Å². The van der Waals surface area contributed by atoms with Gasteiger partial charge in [-0.3, -0.25) is 19.9 Å². The van der Waals surface area contributed by atoms with Crippen molar-refractivity contribution in [2.75, 3.05) is 5.32 Å². The van der Waals surface area contributed by atoms with E-state index in [-0.39, 0.29) is 17.6 Å². The quantitative estimate of drug-likeness (QED) is 0.238. The zero-order valence-electron chi connectivity index (χ0n) is 21.1. The fraction of sp³-hybridized carbons (Fsp3) is 0.133. The average Bonchev–Trinajstić information content (AvgIpc) is 3.51. The first-order valence-corrected chi connectivity index (χ1v) is 12.4. The van der Waals surface area contributed by atoms with Gasteiger partial charge >= 0.3 is 0 Å². The summed E-state index contributed by atoms with van der Waals surface area (Å²) in [7, 11) is 0. The second-order valence-corrected chi connectivity index (χ2v) is 9.76. The van der Waals surface area contributed by atoms with Crippen molar-refractivity contribution in [3.05, 3.63) is 84.6 Å². The Kier molecular flexibility index (Phi) is 5.72. The van der Waals surface area contributed by atoms with E-state index in [0.29, 0.717) is 11.4 Å². The summed E-state index contributed by atoms with van der Waals surface area (Å²) in [6.45, 7) is 5.57. The lowest BCUT2D eigenvalue weighted by Crippen LogP contribution is -2.17. The van der Waals surface area contributed by atoms with Crippen LogP contribution in [-0.2, 0) is 4.79 Å². The molecular formula is C30H25FN6O. The Morgan fingerprint density at radius 2 is 1.74 bits per heavy atom. The van der Waals surface area contributed by atoms with Crippen molar-refractivity contribution in [2.24, 2.45) is 5.92 Å². The molecule has 7 nitrogen and oxygen atoms in total. The van der Waals surface area contributed by atoms with E-state index in [2.05, 4.69) is 36.5 Å². The Morgan fingerprint density at radius 3 is 2.55 bits per heavy atom. The van der Waals surface area contributed by atoms with Crippen molar-refractivity contribution < 1.29 is 9.18 Å². The molecule has 0 saturated carbocycles. The third-order valence-corrected chi connectivity index (χ3v) is 6.55. The molecule has 4 aromatic heterocycles. The second kappa shape index (κ2) is 9.23. The molecule has 0 spiro atoms. The van der Waals surface area contributed by atoms with Gasteiger partial charge in [0.1, 0.15) is 11.5 Å². The van der Waals surface area contributed by atoms with E-state index in [1.165, 1.54) is 12.1 Å². The van der Waals surface area contributed by atoms with Gasteiger partial charge in [-0.05, 0) is 66.6 Å². The number of aryl methyl sites for hydroxylation is 1. The number of pyridine rings is 2. The second-order valence-electron chi connectivity index (χ2n) is 9.76. The minimum atomic E-state index is -0.289. The molecule has 6 aromatic rings. The first-order chi connectivity index (χ1) is 18.4. The minimum Gasteiger partial charge on any atom is -0.353 e. The zero-order chi connectivity index (χ0) is 26.4. The molecule has 0 unspecified atom stereocenters. The number of benzene rings is 2. The number of hydrogen-bond acceptors (Lipinski definition) is 4. The summed E-state index contributed by atoms with van der Waals surface area (Å²) in [6.07, 6.45) is 5.13. The molecular weight excluding hydrogens is 479 g/mol. The van der Waals surface area contributed by atoms with Gasteiger partial charge in [-0.25, -0.2) is 4.39 Å². The van der Waals surface area contributed by atoms with Gasteiger partial charge in [0, 0.05) is 45.7 Å². The highest BCUT2D eigenvalue weighted by atomic mass is 19.1. The van der Waals surface area contributed by atoms with Crippen molar-refractivity contribution in [1.29, 1.82) is 0 Å². The van der Waals surface area contributed by atoms with Crippen LogP contribution in [0.1, 0.15) is 19.4 Å². The van der Waals surface area contributed by atoms with Crippen LogP contribution in [0.15, 0.2) is 73.2 Å². The number of halogens is 1. The van der Waals surface area contributed by atoms with Crippen molar-refractivity contribution in [2.45, 2.75) is 20.8 Å². The lowest BCUT2D eigenvalue weighted by molar-refractivity contribution is -0.118. The highest BCUT2D eigenvalue weighted by Crippen LogP contribution is 2.35. The first kappa shape index (κ1) is 23.5. The Labute approximate surface area is 218 Å². The number of H-pyrrole nitrogens is 2. The predicted octanol–water partition coefficient (Wildman–Crippen LogP) is 6.88. The minimum absolute atomic E-state index is 0.0578. The van der Waals surface area contributed by atoms with Gasteiger partial charge < -0.3 is 10.3 Å². The van der Waals surface area contributed by atoms with Crippen LogP contribution in [-0.4, -0.2) is 31.1 Å². The molecule has 0 aliphatic heterocycles. The van der Waals surface area contributed by atoms with E-state index in [9.17, 15) is 9.18 Å². The maximum absolute atomic E-state index is 14.1. The van der Waals surface area contributed by atoms with Gasteiger partial charge in [0.15, 0.2) is 0 Å². The number of nitrogens with one attached hydrogen (secondary N) is 3. The highest BCUT2D eigenvalue weighted by Gasteiger charge is 2.16. The van der Waals surface area contributed by atoms with Crippen LogP contribution >= 0.6 is 0 Å². The van der Waals surface area contributed by atoms with Gasteiger partial charge in [0.05, 0.1) is 28.8 Å². The number of aromatic nitrogens is 5. The Bertz CT molecular complexity index is 1810. The third-order valence-electron chi connectivity index (χ3n) is 6.55. The lowest BCUT2D eigenvalue weighted by Gasteiger charge is -2.09. The fourth-order valence-electron chi connectivity index (χ4n) is 4.64. The van der Waals surface area contributed by atoms with Crippen LogP contribution in [0.25, 0.3) is 55.6 Å². The molecule has 0 aliphatic rings. The molecule has 0 saturated heterocycles. The molecule has 38 heavy (non-hydrogen) atoms. The number of carbonyl (C=O) groups excluding carboxylic acids is 1. The summed E-state index contributed by atoms with van der Waals surface area (Å²) in [5, 5.41) is 12.4. The smallest absolute Gasteiger partial charge is 0.226 e. The van der Waals surface area contributed by atoms with E-state index in [1.807, 2.05) is 57.2 Å². The van der Waals surface area contributed by atoms with Crippen LogP contribution in [0.3, 0.4) is 0 Å². The van der Waals surface area contributed by atoms with Crippen LogP contribution in [0.4, 0.5) is 10.1 Å². The molecule has 0 fully saturated rings. The van der Waals surface area contributed by atoms with Crippen molar-refractivity contribution >= 4 is 33.4 Å². The van der Waals surface area contributed by atoms with Gasteiger partial charge in [0.25, 0.3) is 0 Å². The molecule has 0 bridgehead atoms. The number of fused-ring (bicyclic) bond motifs is 2. The summed E-state index contributed by atoms with van der Waals surface area (Å²) in [5.74, 6) is -0.472.